The van der Waals surface area contributed by atoms with Crippen LogP contribution in [0.5, 0.6) is 17.2 Å². The Morgan fingerprint density at radius 2 is 0.800 bits per heavy atom. The molecule has 9 aromatic rings. The van der Waals surface area contributed by atoms with Crippen LogP contribution >= 0.6 is 82.6 Å². The number of benzene rings is 6. The van der Waals surface area contributed by atoms with Crippen LogP contribution < -0.4 is 45.5 Å². The average Bonchev–Trinajstić information content (AvgIpc) is 1.49. The summed E-state index contributed by atoms with van der Waals surface area (Å²) in [6, 6.07) is 55.2. The predicted octanol–water partition coefficient (Wildman–Crippen LogP) is 7.60. The number of methoxy groups -OCH3 is 1. The van der Waals surface area contributed by atoms with E-state index in [2.05, 4.69) is 62.7 Å². The number of ether oxygens (including phenoxy) is 4. The first-order valence-corrected chi connectivity index (χ1v) is 31.1. The third kappa shape index (κ3) is 9.67. The molecule has 0 amide bonds. The van der Waals surface area contributed by atoms with Crippen molar-refractivity contribution in [1.82, 2.24) is 15.0 Å². The van der Waals surface area contributed by atoms with Crippen LogP contribution in [0.3, 0.4) is 0 Å². The van der Waals surface area contributed by atoms with Gasteiger partial charge in [-0.1, -0.05) is 210 Å². The first-order chi connectivity index (χ1) is 42.3. The molecule has 15 rings (SSSR count). The summed E-state index contributed by atoms with van der Waals surface area (Å²) in [6.45, 7) is 0. The Kier molecular flexibility index (Phi) is 17.9. The molecule has 10 atom stereocenters. The number of ketones is 3. The Morgan fingerprint density at radius 3 is 1.14 bits per heavy atom. The SMILES string of the molecule is COC(=O)[C@H]1C(=O)[C@@]2(O)c3ncc(Cl)cc3O[C@@]2(c2ccc(Br)cc2)[C@@H]1c1ccccc1.O=C1C[C@@H](c2ccccc2)[C@]2(c3ccc(Br)cc3)Oc3cc(Cl)cnc3[C@]12O.O=C1C[C@@H](c2ccccc2)[C@]2(c3ccc(Br)cc3)Oc3cc(Cl)cnc3[C@]12O.[Cl-].[Li+]. The Hall–Kier alpha value is -6.27. The number of fused-ring (bicyclic) bond motifs is 9. The van der Waals surface area contributed by atoms with Crippen LogP contribution in [0.4, 0.5) is 0 Å². The third-order valence-corrected chi connectivity index (χ3v) is 19.9. The van der Waals surface area contributed by atoms with Gasteiger partial charge in [-0.05, 0) is 69.8 Å². The maximum Gasteiger partial charge on any atom is 1.00 e. The fraction of sp³-hybridized carbons (Fsp3) is 0.191. The zero-order valence-electron chi connectivity index (χ0n) is 47.4. The first kappa shape index (κ1) is 65.2. The number of nitrogens with zero attached hydrogens (tertiary/aromatic N) is 3. The fourth-order valence-corrected chi connectivity index (χ4v) is 15.3. The van der Waals surface area contributed by atoms with Gasteiger partial charge in [-0.2, -0.15) is 0 Å². The van der Waals surface area contributed by atoms with Crippen molar-refractivity contribution in [2.75, 3.05) is 7.11 Å². The summed E-state index contributed by atoms with van der Waals surface area (Å²) in [5.74, 6) is -4.16. The molecule has 3 fully saturated rings. The van der Waals surface area contributed by atoms with Crippen molar-refractivity contribution in [3.8, 4) is 17.2 Å². The number of carbonyl (C=O) groups is 4. The Morgan fingerprint density at radius 1 is 0.489 bits per heavy atom. The first-order valence-electron chi connectivity index (χ1n) is 27.6. The van der Waals surface area contributed by atoms with Gasteiger partial charge < -0.3 is 46.7 Å². The summed E-state index contributed by atoms with van der Waals surface area (Å²) in [4.78, 5) is 66.1. The molecule has 6 heterocycles. The quantitative estimate of drug-likeness (QED) is 0.0800. The van der Waals surface area contributed by atoms with Gasteiger partial charge in [0.15, 0.2) is 34.2 Å². The van der Waals surface area contributed by atoms with E-state index >= 15 is 0 Å². The largest absolute Gasteiger partial charge is 1.00 e. The van der Waals surface area contributed by atoms with E-state index < -0.39 is 57.2 Å². The molecule has 3 aliphatic carbocycles. The van der Waals surface area contributed by atoms with Crippen molar-refractivity contribution in [2.45, 2.75) is 64.2 Å². The van der Waals surface area contributed by atoms with Gasteiger partial charge in [0.05, 0.1) is 28.1 Å². The van der Waals surface area contributed by atoms with E-state index in [4.69, 9.17) is 53.8 Å². The molecular formula is C68H47Br3Cl4LiN3O11. The molecule has 3 aromatic heterocycles. The van der Waals surface area contributed by atoms with Crippen LogP contribution in [-0.4, -0.2) is 60.7 Å². The Bertz CT molecular complexity index is 4120. The third-order valence-electron chi connectivity index (χ3n) is 17.7. The van der Waals surface area contributed by atoms with Crippen LogP contribution in [0.1, 0.15) is 81.1 Å². The zero-order valence-corrected chi connectivity index (χ0v) is 55.2. The summed E-state index contributed by atoms with van der Waals surface area (Å²) in [7, 11) is 1.22. The molecule has 14 nitrogen and oxygen atoms in total. The molecule has 0 bridgehead atoms. The summed E-state index contributed by atoms with van der Waals surface area (Å²) in [6.07, 6.45) is 4.52. The molecule has 3 N–H and O–H groups in total. The van der Waals surface area contributed by atoms with Gasteiger partial charge in [-0.15, -0.1) is 0 Å². The number of rotatable bonds is 7. The number of Topliss-reactive ketones (excluding diaryl/α,β-unsaturated/α-hetero) is 3. The van der Waals surface area contributed by atoms with Crippen molar-refractivity contribution < 1.29 is 84.7 Å². The number of aliphatic hydroxyl groups is 3. The van der Waals surface area contributed by atoms with Crippen molar-refractivity contribution in [3.05, 3.63) is 280 Å². The molecule has 0 spiro atoms. The number of hydrogen-bond acceptors (Lipinski definition) is 14. The average molecular weight is 1470 g/mol. The molecule has 22 heteroatoms. The van der Waals surface area contributed by atoms with Gasteiger partial charge >= 0.3 is 24.8 Å². The number of carbonyl (C=O) groups excluding carboxylic acids is 4. The molecule has 450 valence electrons. The van der Waals surface area contributed by atoms with E-state index in [-0.39, 0.29) is 90.3 Å². The standard InChI is InChI=1S/C24H17BrClNO5.2C22H15BrClNO3.ClH.Li/c1-31-22(29)18-19(13-5-3-2-4-6-13)24(14-7-9-15(25)10-8-14)23(30,21(18)28)20-17(32-24)11-16(26)12-27-20;2*23-15-8-6-14(7-9-15)22-17(13-4-2-1-3-5-13)11-19(26)21(22,27)20-18(28-22)10-16(24)12-25-20;;/h2-12,18-19,30H,1H3;2*1-10,12,17,27H,11H2;1H;/q;;;;+1/p-1/t18-,19-,23+,24+;2*17-,21+,22-;;/m100../s1. The summed E-state index contributed by atoms with van der Waals surface area (Å²) in [5, 5.41) is 36.9. The van der Waals surface area contributed by atoms with Crippen LogP contribution in [-0.2, 0) is 57.5 Å². The molecule has 3 saturated carbocycles. The molecule has 90 heavy (non-hydrogen) atoms. The van der Waals surface area contributed by atoms with E-state index in [9.17, 15) is 34.5 Å². The number of aromatic nitrogens is 3. The van der Waals surface area contributed by atoms with E-state index in [0.717, 1.165) is 24.5 Å². The van der Waals surface area contributed by atoms with Crippen LogP contribution in [0.2, 0.25) is 15.1 Å². The van der Waals surface area contributed by atoms with E-state index in [0.29, 0.717) is 48.8 Å². The minimum Gasteiger partial charge on any atom is -1.00 e. The second-order valence-electron chi connectivity index (χ2n) is 22.1. The van der Waals surface area contributed by atoms with Crippen molar-refractivity contribution >= 4 is 106 Å². The maximum atomic E-state index is 13.9. The summed E-state index contributed by atoms with van der Waals surface area (Å²) < 4.78 is 26.9. The van der Waals surface area contributed by atoms with Gasteiger partial charge in [0.2, 0.25) is 16.8 Å². The monoisotopic (exact) mass is 1460 g/mol. The number of pyridine rings is 3. The second-order valence-corrected chi connectivity index (χ2v) is 26.2. The molecule has 6 aliphatic rings. The summed E-state index contributed by atoms with van der Waals surface area (Å²) in [5.41, 5.74) is -5.37. The van der Waals surface area contributed by atoms with Crippen molar-refractivity contribution in [3.63, 3.8) is 0 Å². The smallest absolute Gasteiger partial charge is 1.00 e. The Balaban J connectivity index is 0.000000138. The molecule has 0 saturated heterocycles. The maximum absolute atomic E-state index is 13.9. The van der Waals surface area contributed by atoms with Gasteiger partial charge in [-0.3, -0.25) is 34.1 Å². The van der Waals surface area contributed by atoms with Crippen LogP contribution in [0.15, 0.2) is 214 Å². The number of esters is 1. The number of hydrogen-bond donors (Lipinski definition) is 3. The van der Waals surface area contributed by atoms with Crippen LogP contribution in [0.25, 0.3) is 0 Å². The van der Waals surface area contributed by atoms with Gasteiger partial charge in [0.1, 0.15) is 40.2 Å². The second kappa shape index (κ2) is 24.6. The van der Waals surface area contributed by atoms with Crippen LogP contribution in [0, 0.1) is 5.92 Å². The van der Waals surface area contributed by atoms with E-state index in [1.54, 1.807) is 60.7 Å². The normalized spacial score (nSPS) is 27.4. The molecule has 3 aliphatic heterocycles. The minimum atomic E-state index is -2.24. The molecular weight excluding hydrogens is 1420 g/mol. The van der Waals surface area contributed by atoms with Crippen molar-refractivity contribution in [1.29, 1.82) is 0 Å². The minimum absolute atomic E-state index is 0. The Labute approximate surface area is 574 Å². The molecule has 0 unspecified atom stereocenters. The predicted molar refractivity (Wildman–Crippen MR) is 336 cm³/mol. The van der Waals surface area contributed by atoms with Gasteiger partial charge in [0.25, 0.3) is 0 Å². The topological polar surface area (TPSA) is 205 Å². The van der Waals surface area contributed by atoms with Gasteiger partial charge in [0, 0.05) is 74.9 Å². The fourth-order valence-electron chi connectivity index (χ4n) is 14.1. The van der Waals surface area contributed by atoms with Crippen molar-refractivity contribution in [2.24, 2.45) is 5.92 Å². The number of halogens is 7. The van der Waals surface area contributed by atoms with E-state index in [1.807, 2.05) is 115 Å². The van der Waals surface area contributed by atoms with E-state index in [1.165, 1.54) is 31.8 Å². The molecule has 6 aromatic carbocycles. The van der Waals surface area contributed by atoms with Gasteiger partial charge in [-0.25, -0.2) is 0 Å². The molecule has 0 radical (unpaired) electrons. The zero-order chi connectivity index (χ0) is 61.7. The summed E-state index contributed by atoms with van der Waals surface area (Å²) >= 11 is 28.7.